The van der Waals surface area contributed by atoms with Crippen LogP contribution in [0.1, 0.15) is 51.5 Å². The molecule has 0 fully saturated rings. The molecule has 1 rings (SSSR count). The van der Waals surface area contributed by atoms with E-state index in [0.29, 0.717) is 12.0 Å². The third-order valence-electron chi connectivity index (χ3n) is 4.33. The first-order chi connectivity index (χ1) is 12.8. The van der Waals surface area contributed by atoms with E-state index in [1.165, 1.54) is 25.1 Å². The average molecular weight is 397 g/mol. The number of hydrogen-bond donors (Lipinski definition) is 1. The second-order valence-corrected chi connectivity index (χ2v) is 6.83. The van der Waals surface area contributed by atoms with E-state index in [-0.39, 0.29) is 23.4 Å². The van der Waals surface area contributed by atoms with Crippen LogP contribution < -0.4 is 10.1 Å². The number of rotatable bonds is 8. The lowest BCUT2D eigenvalue weighted by molar-refractivity contribution is -0.131. The van der Waals surface area contributed by atoms with Crippen molar-refractivity contribution in [1.82, 2.24) is 10.2 Å². The summed E-state index contributed by atoms with van der Waals surface area (Å²) in [6.45, 7) is 5.55. The Morgan fingerprint density at radius 3 is 2.48 bits per heavy atom. The summed E-state index contributed by atoms with van der Waals surface area (Å²) < 4.78 is 30.4. The lowest BCUT2D eigenvalue weighted by Crippen LogP contribution is -2.49. The zero-order chi connectivity index (χ0) is 20.6. The number of ether oxygens (including phenoxy) is 1. The predicted molar refractivity (Wildman–Crippen MR) is 103 cm³/mol. The largest absolute Gasteiger partial charge is 0.494 e. The minimum atomic E-state index is -2.65. The van der Waals surface area contributed by atoms with Crippen molar-refractivity contribution in [3.05, 3.63) is 23.8 Å². The van der Waals surface area contributed by atoms with E-state index < -0.39 is 22.4 Å². The number of nitrogens with zero attached hydrogens (tertiary/aromatic N) is 2. The fraction of sp³-hybridized carbons (Fsp3) is 0.556. The van der Waals surface area contributed by atoms with Crippen LogP contribution in [0.15, 0.2) is 22.6 Å². The van der Waals surface area contributed by atoms with Crippen LogP contribution in [0.2, 0.25) is 0 Å². The molecule has 3 amide bonds. The molecule has 150 valence electrons. The van der Waals surface area contributed by atoms with Gasteiger partial charge in [0.15, 0.2) is 0 Å². The van der Waals surface area contributed by atoms with Gasteiger partial charge in [-0.25, -0.2) is 4.79 Å². The first-order valence-electron chi connectivity index (χ1n) is 8.80. The van der Waals surface area contributed by atoms with Crippen molar-refractivity contribution in [2.24, 2.45) is 4.36 Å². The summed E-state index contributed by atoms with van der Waals surface area (Å²) in [5.74, 6) is -0.745. The van der Waals surface area contributed by atoms with Gasteiger partial charge in [0.05, 0.1) is 13.0 Å². The van der Waals surface area contributed by atoms with Gasteiger partial charge in [-0.15, -0.1) is 4.36 Å². The second-order valence-electron chi connectivity index (χ2n) is 6.22. The maximum absolute atomic E-state index is 13.0. The highest BCUT2D eigenvalue weighted by atomic mass is 32.2. The van der Waals surface area contributed by atoms with E-state index in [1.54, 1.807) is 19.1 Å². The molecular weight excluding hydrogens is 370 g/mol. The van der Waals surface area contributed by atoms with Gasteiger partial charge >= 0.3 is 16.5 Å². The monoisotopic (exact) mass is 397 g/mol. The molecule has 0 spiro atoms. The van der Waals surface area contributed by atoms with Crippen LogP contribution in [0.3, 0.4) is 0 Å². The van der Waals surface area contributed by atoms with Crippen LogP contribution in [0, 0.1) is 0 Å². The molecule has 0 aliphatic carbocycles. The lowest BCUT2D eigenvalue weighted by Gasteiger charge is -2.29. The molecule has 0 aliphatic heterocycles. The fourth-order valence-corrected chi connectivity index (χ4v) is 3.05. The third-order valence-corrected chi connectivity index (χ3v) is 4.68. The number of urea groups is 1. The van der Waals surface area contributed by atoms with E-state index in [1.807, 2.05) is 13.8 Å². The van der Waals surface area contributed by atoms with Crippen molar-refractivity contribution < 1.29 is 22.7 Å². The highest BCUT2D eigenvalue weighted by Gasteiger charge is 2.30. The SMILES string of the molecule is CCCCC(C)N(C(=O)NC)C(=O)C(C)c1ccc(OC)c(N=S(=O)=O)c1. The molecular formula is C18H27N3O5S. The smallest absolute Gasteiger partial charge is 0.324 e. The van der Waals surface area contributed by atoms with Crippen molar-refractivity contribution in [3.63, 3.8) is 0 Å². The van der Waals surface area contributed by atoms with E-state index in [9.17, 15) is 18.0 Å². The first-order valence-corrected chi connectivity index (χ1v) is 9.83. The Kier molecular flexibility index (Phi) is 8.93. The second kappa shape index (κ2) is 10.7. The summed E-state index contributed by atoms with van der Waals surface area (Å²) >= 11 is 0. The number of imide groups is 1. The van der Waals surface area contributed by atoms with E-state index in [2.05, 4.69) is 9.68 Å². The zero-order valence-electron chi connectivity index (χ0n) is 16.4. The first kappa shape index (κ1) is 22.6. The van der Waals surface area contributed by atoms with Crippen molar-refractivity contribution in [2.75, 3.05) is 14.2 Å². The van der Waals surface area contributed by atoms with Gasteiger partial charge in [0.2, 0.25) is 5.91 Å². The van der Waals surface area contributed by atoms with Gasteiger partial charge in [0.1, 0.15) is 11.4 Å². The molecule has 2 atom stereocenters. The molecule has 1 aromatic carbocycles. The zero-order valence-corrected chi connectivity index (χ0v) is 17.2. The Hall–Kier alpha value is -2.42. The lowest BCUT2D eigenvalue weighted by atomic mass is 9.97. The average Bonchev–Trinajstić information content (AvgIpc) is 2.64. The van der Waals surface area contributed by atoms with Crippen molar-refractivity contribution >= 4 is 28.1 Å². The van der Waals surface area contributed by atoms with Crippen molar-refractivity contribution in [1.29, 1.82) is 0 Å². The summed E-state index contributed by atoms with van der Waals surface area (Å²) in [4.78, 5) is 26.5. The molecule has 0 bridgehead atoms. The Labute approximate surface area is 161 Å². The molecule has 0 saturated carbocycles. The highest BCUT2D eigenvalue weighted by Crippen LogP contribution is 2.32. The van der Waals surface area contributed by atoms with E-state index >= 15 is 0 Å². The van der Waals surface area contributed by atoms with Crippen molar-refractivity contribution in [2.45, 2.75) is 52.0 Å². The molecule has 0 radical (unpaired) electrons. The number of unbranched alkanes of at least 4 members (excludes halogenated alkanes) is 1. The number of amides is 3. The summed E-state index contributed by atoms with van der Waals surface area (Å²) in [6, 6.07) is 3.98. The topological polar surface area (TPSA) is 105 Å². The summed E-state index contributed by atoms with van der Waals surface area (Å²) in [5.41, 5.74) is 0.648. The summed E-state index contributed by atoms with van der Waals surface area (Å²) in [5, 5.41) is 2.51. The molecule has 1 aromatic rings. The number of methoxy groups -OCH3 is 1. The minimum Gasteiger partial charge on any atom is -0.494 e. The van der Waals surface area contributed by atoms with Crippen LogP contribution >= 0.6 is 0 Å². The van der Waals surface area contributed by atoms with Gasteiger partial charge in [-0.3, -0.25) is 9.69 Å². The van der Waals surface area contributed by atoms with Gasteiger partial charge < -0.3 is 10.1 Å². The molecule has 9 heteroatoms. The standard InChI is InChI=1S/C18H27N3O5S/c1-6-7-8-12(2)21(18(23)19-4)17(22)13(3)14-9-10-16(26-5)15(11-14)20-27(24)25/h9-13H,6-8H2,1-5H3,(H,19,23). The van der Waals surface area contributed by atoms with Gasteiger partial charge in [-0.1, -0.05) is 25.8 Å². The van der Waals surface area contributed by atoms with Crippen LogP contribution in [-0.4, -0.2) is 45.5 Å². The van der Waals surface area contributed by atoms with E-state index in [0.717, 1.165) is 12.8 Å². The van der Waals surface area contributed by atoms with Gasteiger partial charge in [-0.2, -0.15) is 8.42 Å². The molecule has 0 aliphatic rings. The van der Waals surface area contributed by atoms with Crippen LogP contribution in [0.25, 0.3) is 0 Å². The maximum atomic E-state index is 13.0. The molecule has 8 nitrogen and oxygen atoms in total. The maximum Gasteiger partial charge on any atom is 0.324 e. The van der Waals surface area contributed by atoms with Crippen LogP contribution in [0.4, 0.5) is 10.5 Å². The number of benzene rings is 1. The fourth-order valence-electron chi connectivity index (χ4n) is 2.75. The number of carbonyl (C=O) groups is 2. The van der Waals surface area contributed by atoms with E-state index in [4.69, 9.17) is 4.74 Å². The number of hydrogen-bond acceptors (Lipinski definition) is 6. The molecule has 1 N–H and O–H groups in total. The van der Waals surface area contributed by atoms with Crippen molar-refractivity contribution in [3.8, 4) is 5.75 Å². The molecule has 0 aromatic heterocycles. The number of carbonyl (C=O) groups excluding carboxylic acids is 2. The van der Waals surface area contributed by atoms with Crippen LogP contribution in [0.5, 0.6) is 5.75 Å². The normalized spacial score (nSPS) is 12.6. The summed E-state index contributed by atoms with van der Waals surface area (Å²) in [7, 11) is 0.228. The Morgan fingerprint density at radius 2 is 1.96 bits per heavy atom. The van der Waals surface area contributed by atoms with Gasteiger partial charge in [0, 0.05) is 13.1 Å². The Bertz CT molecular complexity index is 799. The Balaban J connectivity index is 3.23. The van der Waals surface area contributed by atoms with Gasteiger partial charge in [-0.05, 0) is 38.0 Å². The van der Waals surface area contributed by atoms with Gasteiger partial charge in [0.25, 0.3) is 0 Å². The number of nitrogens with one attached hydrogen (secondary N) is 1. The molecule has 27 heavy (non-hydrogen) atoms. The molecule has 2 unspecified atom stereocenters. The quantitative estimate of drug-likeness (QED) is 0.725. The Morgan fingerprint density at radius 1 is 1.30 bits per heavy atom. The highest BCUT2D eigenvalue weighted by molar-refractivity contribution is 7.61. The third kappa shape index (κ3) is 6.06. The minimum absolute atomic E-state index is 0.105. The summed E-state index contributed by atoms with van der Waals surface area (Å²) in [6.07, 6.45) is 2.57. The molecule has 0 heterocycles. The van der Waals surface area contributed by atoms with Crippen LogP contribution in [-0.2, 0) is 15.3 Å². The predicted octanol–water partition coefficient (Wildman–Crippen LogP) is 3.24. The molecule has 0 saturated heterocycles.